The first-order valence-corrected chi connectivity index (χ1v) is 16.1. The van der Waals surface area contributed by atoms with E-state index in [1.54, 1.807) is 0 Å². The normalized spacial score (nSPS) is 20.6. The zero-order valence-electron chi connectivity index (χ0n) is 26.2. The Morgan fingerprint density at radius 3 is 2.07 bits per heavy atom. The Labute approximate surface area is 278 Å². The van der Waals surface area contributed by atoms with Crippen LogP contribution in [0.1, 0.15) is 45.6 Å². The fourth-order valence-electron chi connectivity index (χ4n) is 4.70. The van der Waals surface area contributed by atoms with Crippen LogP contribution in [0.25, 0.3) is 0 Å². The fourth-order valence-corrected chi connectivity index (χ4v) is 5.11. The first-order chi connectivity index (χ1) is 21.9. The van der Waals surface area contributed by atoms with E-state index in [0.29, 0.717) is 37.8 Å². The van der Waals surface area contributed by atoms with Crippen molar-refractivity contribution in [2.45, 2.75) is 77.2 Å². The lowest BCUT2D eigenvalue weighted by molar-refractivity contribution is -0.238. The molecule has 3 N–H and O–H groups in total. The van der Waals surface area contributed by atoms with Gasteiger partial charge in [-0.2, -0.15) is 0 Å². The summed E-state index contributed by atoms with van der Waals surface area (Å²) >= 11 is 11.8. The van der Waals surface area contributed by atoms with Crippen LogP contribution in [0.4, 0.5) is 14.9 Å². The number of nitrogens with zero attached hydrogens (tertiary/aromatic N) is 1. The van der Waals surface area contributed by atoms with Crippen molar-refractivity contribution in [3.8, 4) is 0 Å². The Morgan fingerprint density at radius 2 is 1.48 bits per heavy atom. The summed E-state index contributed by atoms with van der Waals surface area (Å²) in [6.07, 6.45) is -6.09. The molecule has 5 atom stereocenters. The third kappa shape index (κ3) is 14.0. The molecule has 3 amide bonds. The lowest BCUT2D eigenvalue weighted by Gasteiger charge is -2.42. The Morgan fingerprint density at radius 1 is 0.870 bits per heavy atom. The van der Waals surface area contributed by atoms with Crippen LogP contribution in [0, 0.1) is 0 Å². The summed E-state index contributed by atoms with van der Waals surface area (Å²) in [6, 6.07) is 7.34. The molecule has 16 heteroatoms. The largest absolute Gasteiger partial charge is 0.463 e. The number of benzene rings is 1. The summed E-state index contributed by atoms with van der Waals surface area (Å²) in [5, 5.41) is 7.66. The minimum Gasteiger partial charge on any atom is -0.463 e. The molecule has 1 aromatic rings. The molecule has 0 aromatic heterocycles. The smallest absolute Gasteiger partial charge is 0.316 e. The highest BCUT2D eigenvalue weighted by Crippen LogP contribution is 2.28. The predicted molar refractivity (Wildman–Crippen MR) is 168 cm³/mol. The predicted octanol–water partition coefficient (Wildman–Crippen LogP) is 2.59. The molecule has 258 valence electrons. The highest BCUT2D eigenvalue weighted by atomic mass is 35.5. The van der Waals surface area contributed by atoms with Gasteiger partial charge in [0.25, 0.3) is 0 Å². The lowest BCUT2D eigenvalue weighted by Crippen LogP contribution is -2.64. The molecule has 1 aliphatic rings. The quantitative estimate of drug-likeness (QED) is 0.0903. The summed E-state index contributed by atoms with van der Waals surface area (Å²) in [6.45, 7) is 4.80. The van der Waals surface area contributed by atoms with Gasteiger partial charge in [0.2, 0.25) is 5.91 Å². The summed E-state index contributed by atoms with van der Waals surface area (Å²) in [4.78, 5) is 61.4. The van der Waals surface area contributed by atoms with Crippen molar-refractivity contribution in [2.24, 2.45) is 0 Å². The maximum absolute atomic E-state index is 15.4. The van der Waals surface area contributed by atoms with Crippen molar-refractivity contribution in [2.75, 3.05) is 49.4 Å². The zero-order chi connectivity index (χ0) is 34.1. The molecule has 1 aliphatic heterocycles. The molecule has 0 saturated carbocycles. The van der Waals surface area contributed by atoms with Gasteiger partial charge in [-0.3, -0.25) is 19.2 Å². The average molecular weight is 694 g/mol. The molecule has 0 unspecified atom stereocenters. The Hall–Kier alpha value is -3.36. The number of carbonyl (C=O) groups excluding carboxylic acids is 5. The van der Waals surface area contributed by atoms with E-state index >= 15 is 4.39 Å². The molecule has 1 saturated heterocycles. The summed E-state index contributed by atoms with van der Waals surface area (Å²) < 4.78 is 36.0. The number of halogens is 3. The third-order valence-corrected chi connectivity index (χ3v) is 7.12. The summed E-state index contributed by atoms with van der Waals surface area (Å²) in [7, 11) is 0. The highest BCUT2D eigenvalue weighted by molar-refractivity contribution is 6.18. The van der Waals surface area contributed by atoms with Crippen molar-refractivity contribution in [1.29, 1.82) is 0 Å². The molecule has 1 fully saturated rings. The topological polar surface area (TPSA) is 162 Å². The molecule has 1 heterocycles. The van der Waals surface area contributed by atoms with Crippen LogP contribution in [0.15, 0.2) is 24.3 Å². The molecule has 2 rings (SSSR count). The highest BCUT2D eigenvalue weighted by Gasteiger charge is 2.51. The molecule has 0 radical (unpaired) electrons. The SMILES string of the molecule is CC(=O)OC[C@H]1O[C@@H](NC(=O)NCCCC(=O)NCCCc2ccc(N(CCCl)CCCl)cc2)[C@H](F)[C@@H](OC(C)=O)[C@@H]1OC(C)=O. The second-order valence-corrected chi connectivity index (χ2v) is 11.2. The summed E-state index contributed by atoms with van der Waals surface area (Å²) in [5.74, 6) is -1.50. The number of aryl methyl sites for hydroxylation is 1. The number of hydrogen-bond acceptors (Lipinski definition) is 10. The first kappa shape index (κ1) is 38.8. The first-order valence-electron chi connectivity index (χ1n) is 15.0. The van der Waals surface area contributed by atoms with Gasteiger partial charge in [0.1, 0.15) is 12.7 Å². The Bertz CT molecular complexity index is 1140. The van der Waals surface area contributed by atoms with Crippen LogP contribution in [0.5, 0.6) is 0 Å². The van der Waals surface area contributed by atoms with E-state index in [-0.39, 0.29) is 18.9 Å². The van der Waals surface area contributed by atoms with Crippen LogP contribution in [0.3, 0.4) is 0 Å². The number of nitrogens with one attached hydrogen (secondary N) is 3. The number of carbonyl (C=O) groups is 5. The second kappa shape index (κ2) is 20.7. The van der Waals surface area contributed by atoms with Gasteiger partial charge in [-0.15, -0.1) is 23.2 Å². The maximum atomic E-state index is 15.4. The standard InChI is InChI=1S/C30H43Cl2FN4O9/c1-19(38)43-18-24-27(44-20(2)39)28(45-21(3)40)26(33)29(46-24)36-30(42)35-15-5-7-25(41)34-14-4-6-22-8-10-23(11-9-22)37(16-12-31)17-13-32/h8-11,24,26-29H,4-7,12-18H2,1-3H3,(H,34,41)(H2,35,36,42)/t24-,26-,27-,28-,29-/m1/s1. The third-order valence-electron chi connectivity index (χ3n) is 6.78. The zero-order valence-corrected chi connectivity index (χ0v) is 27.7. The van der Waals surface area contributed by atoms with Crippen LogP contribution < -0.4 is 20.9 Å². The van der Waals surface area contributed by atoms with Crippen LogP contribution in [0.2, 0.25) is 0 Å². The number of hydrogen-bond donors (Lipinski definition) is 3. The van der Waals surface area contributed by atoms with Crippen LogP contribution in [-0.2, 0) is 44.5 Å². The van der Waals surface area contributed by atoms with Crippen molar-refractivity contribution >= 4 is 58.7 Å². The minimum atomic E-state index is -2.13. The van der Waals surface area contributed by atoms with E-state index in [0.717, 1.165) is 44.9 Å². The second-order valence-electron chi connectivity index (χ2n) is 10.5. The van der Waals surface area contributed by atoms with Crippen molar-refractivity contribution < 1.29 is 47.3 Å². The van der Waals surface area contributed by atoms with E-state index in [2.05, 4.69) is 20.9 Å². The van der Waals surface area contributed by atoms with Crippen molar-refractivity contribution in [1.82, 2.24) is 16.0 Å². The van der Waals surface area contributed by atoms with Gasteiger partial charge in [-0.25, -0.2) is 9.18 Å². The fraction of sp³-hybridized carbons (Fsp3) is 0.633. The van der Waals surface area contributed by atoms with E-state index in [1.807, 2.05) is 24.3 Å². The molecule has 0 bridgehead atoms. The number of anilines is 1. The number of esters is 3. The lowest BCUT2D eigenvalue weighted by atomic mass is 9.98. The van der Waals surface area contributed by atoms with E-state index in [4.69, 9.17) is 42.1 Å². The van der Waals surface area contributed by atoms with Gasteiger partial charge < -0.3 is 39.8 Å². The average Bonchev–Trinajstić information content (AvgIpc) is 3.00. The monoisotopic (exact) mass is 692 g/mol. The molecule has 13 nitrogen and oxygen atoms in total. The Kier molecular flexibility index (Phi) is 17.5. The number of amides is 3. The van der Waals surface area contributed by atoms with Gasteiger partial charge in [-0.05, 0) is 37.0 Å². The van der Waals surface area contributed by atoms with Crippen molar-refractivity contribution in [3.05, 3.63) is 29.8 Å². The van der Waals surface area contributed by atoms with Crippen LogP contribution >= 0.6 is 23.2 Å². The molecule has 1 aromatic carbocycles. The van der Waals surface area contributed by atoms with E-state index in [9.17, 15) is 24.0 Å². The van der Waals surface area contributed by atoms with Gasteiger partial charge in [0.15, 0.2) is 24.6 Å². The van der Waals surface area contributed by atoms with Crippen molar-refractivity contribution in [3.63, 3.8) is 0 Å². The van der Waals surface area contributed by atoms with Crippen LogP contribution in [-0.4, -0.2) is 105 Å². The Balaban J connectivity index is 1.76. The maximum Gasteiger partial charge on any atom is 0.316 e. The summed E-state index contributed by atoms with van der Waals surface area (Å²) in [5.41, 5.74) is 2.19. The molecule has 0 spiro atoms. The van der Waals surface area contributed by atoms with E-state index in [1.165, 1.54) is 0 Å². The molecular formula is C30H43Cl2FN4O9. The molecule has 46 heavy (non-hydrogen) atoms. The molecule has 0 aliphatic carbocycles. The van der Waals surface area contributed by atoms with Gasteiger partial charge >= 0.3 is 23.9 Å². The molecular weight excluding hydrogens is 650 g/mol. The van der Waals surface area contributed by atoms with Gasteiger partial charge in [-0.1, -0.05) is 12.1 Å². The van der Waals surface area contributed by atoms with E-state index < -0.39 is 61.3 Å². The van der Waals surface area contributed by atoms with Gasteiger partial charge in [0, 0.05) is 70.8 Å². The van der Waals surface area contributed by atoms with Gasteiger partial charge in [0.05, 0.1) is 0 Å². The number of rotatable bonds is 18. The number of urea groups is 1. The minimum absolute atomic E-state index is 0.0973. The number of alkyl halides is 3. The number of ether oxygens (including phenoxy) is 4.